The predicted molar refractivity (Wildman–Crippen MR) is 58.9 cm³/mol. The van der Waals surface area contributed by atoms with Gasteiger partial charge in [-0.15, -0.1) is 0 Å². The van der Waals surface area contributed by atoms with Crippen LogP contribution in [0.1, 0.15) is 33.6 Å². The maximum absolute atomic E-state index is 11.8. The first kappa shape index (κ1) is 17.3. The van der Waals surface area contributed by atoms with E-state index in [1.165, 1.54) is 4.90 Å². The number of ether oxygens (including phenoxy) is 1. The molecule has 2 N–H and O–H groups in total. The van der Waals surface area contributed by atoms with Gasteiger partial charge in [-0.25, -0.2) is 4.79 Å². The molecule has 18 heavy (non-hydrogen) atoms. The van der Waals surface area contributed by atoms with Gasteiger partial charge in [0.05, 0.1) is 12.0 Å². The van der Waals surface area contributed by atoms with E-state index < -0.39 is 23.7 Å². The molecule has 1 heterocycles. The third kappa shape index (κ3) is 4.89. The van der Waals surface area contributed by atoms with Gasteiger partial charge in [0.25, 0.3) is 0 Å². The Morgan fingerprint density at radius 2 is 1.94 bits per heavy atom. The first-order chi connectivity index (χ1) is 7.70. The number of amides is 1. The van der Waals surface area contributed by atoms with E-state index in [1.54, 1.807) is 20.8 Å². The van der Waals surface area contributed by atoms with Crippen molar-refractivity contribution in [2.75, 3.05) is 6.54 Å². The number of carboxylic acids is 1. The molecule has 2 unspecified atom stereocenters. The second-order valence-electron chi connectivity index (χ2n) is 5.29. The number of carboxylic acid groups (broad SMARTS) is 1. The molecule has 1 aliphatic heterocycles. The van der Waals surface area contributed by atoms with E-state index in [-0.39, 0.29) is 37.9 Å². The fourth-order valence-corrected chi connectivity index (χ4v) is 1.76. The second kappa shape index (κ2) is 6.46. The van der Waals surface area contributed by atoms with E-state index in [2.05, 4.69) is 0 Å². The van der Waals surface area contributed by atoms with Gasteiger partial charge in [-0.3, -0.25) is 4.90 Å². The summed E-state index contributed by atoms with van der Waals surface area (Å²) < 4.78 is 5.15. The Hall–Kier alpha value is -0.703. The fraction of sp³-hybridized carbons (Fsp3) is 0.818. The molecule has 0 radical (unpaired) electrons. The zero-order chi connectivity index (χ0) is 13.2. The molecule has 0 aromatic carbocycles. The van der Waals surface area contributed by atoms with E-state index in [9.17, 15) is 14.7 Å². The molecule has 0 aromatic heterocycles. The molecule has 1 amide bonds. The van der Waals surface area contributed by atoms with Crippen LogP contribution in [0.3, 0.4) is 0 Å². The molecule has 98 valence electrons. The number of carbonyl (C=O) groups is 2. The van der Waals surface area contributed by atoms with Crippen LogP contribution < -0.4 is 29.7 Å². The molecule has 1 rings (SSSR count). The molecule has 7 heteroatoms. The largest absolute Gasteiger partial charge is 1.00 e. The maximum atomic E-state index is 11.8. The van der Waals surface area contributed by atoms with E-state index >= 15 is 0 Å². The van der Waals surface area contributed by atoms with Crippen LogP contribution in [-0.4, -0.2) is 41.2 Å². The van der Waals surface area contributed by atoms with Gasteiger partial charge < -0.3 is 20.4 Å². The molecule has 0 bridgehead atoms. The summed E-state index contributed by atoms with van der Waals surface area (Å²) in [5.74, 6) is -1.29. The molecule has 0 saturated carbocycles. The average Bonchev–Trinajstić information content (AvgIpc) is 2.14. The number of hydrogen-bond donors (Lipinski definition) is 1. The van der Waals surface area contributed by atoms with Crippen LogP contribution in [0.25, 0.3) is 0 Å². The van der Waals surface area contributed by atoms with Gasteiger partial charge in [-0.2, -0.15) is 0 Å². The Labute approximate surface area is 119 Å². The Morgan fingerprint density at radius 3 is 2.39 bits per heavy atom. The van der Waals surface area contributed by atoms with Crippen molar-refractivity contribution in [1.82, 2.24) is 4.90 Å². The molecule has 2 atom stereocenters. The van der Waals surface area contributed by atoms with Crippen molar-refractivity contribution in [2.45, 2.75) is 51.3 Å². The van der Waals surface area contributed by atoms with E-state index in [0.717, 1.165) is 0 Å². The van der Waals surface area contributed by atoms with Crippen molar-refractivity contribution >= 4 is 12.1 Å². The van der Waals surface area contributed by atoms with Gasteiger partial charge in [0.2, 0.25) is 0 Å². The summed E-state index contributed by atoms with van der Waals surface area (Å²) in [5, 5.41) is 11.0. The number of nitrogens with zero attached hydrogens (tertiary/aromatic N) is 1. The molecule has 0 spiro atoms. The Morgan fingerprint density at radius 1 is 1.39 bits per heavy atom. The number of nitrogens with two attached hydrogens (primary N) is 1. The molecular formula is C11H19LiN2O4. The molecule has 1 aliphatic rings. The van der Waals surface area contributed by atoms with Crippen molar-refractivity contribution in [3.8, 4) is 0 Å². The number of hydrogen-bond acceptors (Lipinski definition) is 5. The smallest absolute Gasteiger partial charge is 0.548 e. The number of rotatable bonds is 1. The molecule has 0 aliphatic carbocycles. The zero-order valence-corrected chi connectivity index (χ0v) is 11.4. The van der Waals surface area contributed by atoms with Crippen LogP contribution in [0.5, 0.6) is 0 Å². The van der Waals surface area contributed by atoms with Crippen LogP contribution >= 0.6 is 0 Å². The fourth-order valence-electron chi connectivity index (χ4n) is 1.76. The zero-order valence-electron chi connectivity index (χ0n) is 11.4. The maximum Gasteiger partial charge on any atom is 1.00 e. The van der Waals surface area contributed by atoms with Crippen LogP contribution in [0, 0.1) is 0 Å². The summed E-state index contributed by atoms with van der Waals surface area (Å²) in [6.45, 7) is 5.48. The quantitative estimate of drug-likeness (QED) is 0.486. The van der Waals surface area contributed by atoms with E-state index in [0.29, 0.717) is 6.42 Å². The Balaban J connectivity index is 0.00000289. The van der Waals surface area contributed by atoms with E-state index in [1.807, 2.05) is 0 Å². The van der Waals surface area contributed by atoms with Gasteiger partial charge in [0, 0.05) is 12.6 Å². The number of carbonyl (C=O) groups excluding carboxylic acids is 2. The minimum atomic E-state index is -1.29. The number of piperidine rings is 1. The molecule has 1 saturated heterocycles. The molecule has 0 aromatic rings. The molecule has 1 fully saturated rings. The van der Waals surface area contributed by atoms with Gasteiger partial charge in [0.1, 0.15) is 5.60 Å². The standard InChI is InChI=1S/C11H20N2O4.Li/c1-11(2,3)17-10(16)13-5-4-7(12)6-8(13)9(14)15;/h7-8H,4-6,12H2,1-3H3,(H,14,15);/q;+1/p-1. The summed E-state index contributed by atoms with van der Waals surface area (Å²) in [6, 6.07) is -1.20. The van der Waals surface area contributed by atoms with Crippen LogP contribution in [0.4, 0.5) is 4.79 Å². The third-order valence-corrected chi connectivity index (χ3v) is 2.54. The van der Waals surface area contributed by atoms with Crippen LogP contribution in [0.2, 0.25) is 0 Å². The number of aliphatic carboxylic acids is 1. The molecular weight excluding hydrogens is 231 g/mol. The predicted octanol–water partition coefficient (Wildman–Crippen LogP) is -3.53. The first-order valence-corrected chi connectivity index (χ1v) is 5.67. The summed E-state index contributed by atoms with van der Waals surface area (Å²) in [6.07, 6.45) is 0.156. The van der Waals surface area contributed by atoms with Gasteiger partial charge in [-0.1, -0.05) is 0 Å². The summed E-state index contributed by atoms with van der Waals surface area (Å²) >= 11 is 0. The average molecular weight is 250 g/mol. The van der Waals surface area contributed by atoms with Gasteiger partial charge >= 0.3 is 25.0 Å². The van der Waals surface area contributed by atoms with E-state index in [4.69, 9.17) is 10.5 Å². The van der Waals surface area contributed by atoms with Crippen molar-refractivity contribution in [1.29, 1.82) is 0 Å². The van der Waals surface area contributed by atoms with Gasteiger partial charge in [-0.05, 0) is 33.6 Å². The second-order valence-corrected chi connectivity index (χ2v) is 5.29. The minimum Gasteiger partial charge on any atom is -0.548 e. The summed E-state index contributed by atoms with van der Waals surface area (Å²) in [7, 11) is 0. The minimum absolute atomic E-state index is 0. The first-order valence-electron chi connectivity index (χ1n) is 5.67. The Bertz CT molecular complexity index is 317. The third-order valence-electron chi connectivity index (χ3n) is 2.54. The van der Waals surface area contributed by atoms with Crippen molar-refractivity contribution in [3.63, 3.8) is 0 Å². The topological polar surface area (TPSA) is 95.7 Å². The monoisotopic (exact) mass is 250 g/mol. The normalized spacial score (nSPS) is 24.1. The van der Waals surface area contributed by atoms with Crippen molar-refractivity contribution in [2.24, 2.45) is 5.73 Å². The van der Waals surface area contributed by atoms with Crippen LogP contribution in [-0.2, 0) is 9.53 Å². The summed E-state index contributed by atoms with van der Waals surface area (Å²) in [5.41, 5.74) is 5.04. The Kier molecular flexibility index (Phi) is 6.21. The summed E-state index contributed by atoms with van der Waals surface area (Å²) in [4.78, 5) is 24.0. The van der Waals surface area contributed by atoms with Crippen LogP contribution in [0.15, 0.2) is 0 Å². The SMILES string of the molecule is CC(C)(C)OC(=O)N1CCC(N)CC1C(=O)[O-].[Li+]. The van der Waals surface area contributed by atoms with Gasteiger partial charge in [0.15, 0.2) is 0 Å². The van der Waals surface area contributed by atoms with Crippen molar-refractivity contribution in [3.05, 3.63) is 0 Å². The molecule has 6 nitrogen and oxygen atoms in total. The van der Waals surface area contributed by atoms with Crippen molar-refractivity contribution < 1.29 is 38.3 Å². The number of likely N-dealkylation sites (tertiary alicyclic amines) is 1.